The number of rotatable bonds is 5. The highest BCUT2D eigenvalue weighted by Crippen LogP contribution is 2.31. The highest BCUT2D eigenvalue weighted by molar-refractivity contribution is 5.28. The van der Waals surface area contributed by atoms with Crippen LogP contribution in [0.2, 0.25) is 0 Å². The molecule has 0 saturated carbocycles. The number of nitrogens with zero attached hydrogens (tertiary/aromatic N) is 2. The van der Waals surface area contributed by atoms with Crippen LogP contribution in [0, 0.1) is 0 Å². The summed E-state index contributed by atoms with van der Waals surface area (Å²) in [6.45, 7) is 4.90. The Morgan fingerprint density at radius 3 is 2.80 bits per heavy atom. The van der Waals surface area contributed by atoms with Crippen LogP contribution in [0.1, 0.15) is 18.9 Å². The molecule has 0 spiro atoms. The van der Waals surface area contributed by atoms with Gasteiger partial charge < -0.3 is 15.4 Å². The molecule has 1 aliphatic rings. The van der Waals surface area contributed by atoms with Crippen molar-refractivity contribution in [1.29, 1.82) is 0 Å². The lowest BCUT2D eigenvalue weighted by molar-refractivity contribution is 0.126. The zero-order valence-electron chi connectivity index (χ0n) is 13.1. The number of methoxy groups -OCH3 is 1. The van der Waals surface area contributed by atoms with Crippen molar-refractivity contribution in [2.24, 2.45) is 5.73 Å². The summed E-state index contributed by atoms with van der Waals surface area (Å²) < 4.78 is 5.30. The molecule has 112 valence electrons. The molecule has 0 aliphatic carbocycles. The van der Waals surface area contributed by atoms with Crippen LogP contribution in [-0.2, 0) is 6.54 Å². The molecule has 1 fully saturated rings. The van der Waals surface area contributed by atoms with Gasteiger partial charge in [-0.3, -0.25) is 4.90 Å². The van der Waals surface area contributed by atoms with Crippen LogP contribution in [0.15, 0.2) is 24.3 Å². The predicted octanol–water partition coefficient (Wildman–Crippen LogP) is 1.55. The average molecular weight is 277 g/mol. The number of hydrogen-bond donors (Lipinski definition) is 1. The third-order valence-corrected chi connectivity index (χ3v) is 4.72. The topological polar surface area (TPSA) is 41.7 Å². The van der Waals surface area contributed by atoms with E-state index in [9.17, 15) is 0 Å². The third kappa shape index (κ3) is 2.97. The van der Waals surface area contributed by atoms with Gasteiger partial charge in [0.1, 0.15) is 5.75 Å². The number of ether oxygens (including phenoxy) is 1. The first kappa shape index (κ1) is 15.3. The molecule has 1 saturated heterocycles. The predicted molar refractivity (Wildman–Crippen MR) is 83.0 cm³/mol. The van der Waals surface area contributed by atoms with Gasteiger partial charge in [0.2, 0.25) is 0 Å². The van der Waals surface area contributed by atoms with Gasteiger partial charge in [0.25, 0.3) is 0 Å². The molecule has 0 bridgehead atoms. The van der Waals surface area contributed by atoms with E-state index in [-0.39, 0.29) is 5.54 Å². The molecular weight excluding hydrogens is 250 g/mol. The van der Waals surface area contributed by atoms with E-state index in [1.54, 1.807) is 7.11 Å². The monoisotopic (exact) mass is 277 g/mol. The number of benzene rings is 1. The molecule has 4 nitrogen and oxygen atoms in total. The first-order valence-corrected chi connectivity index (χ1v) is 7.25. The van der Waals surface area contributed by atoms with E-state index in [1.807, 2.05) is 12.1 Å². The number of likely N-dealkylation sites (tertiary alicyclic amines) is 1. The van der Waals surface area contributed by atoms with Crippen LogP contribution < -0.4 is 10.5 Å². The molecule has 1 aromatic carbocycles. The van der Waals surface area contributed by atoms with Crippen molar-refractivity contribution < 1.29 is 4.74 Å². The van der Waals surface area contributed by atoms with E-state index in [1.165, 1.54) is 5.56 Å². The van der Waals surface area contributed by atoms with E-state index >= 15 is 0 Å². The van der Waals surface area contributed by atoms with Crippen LogP contribution in [0.4, 0.5) is 0 Å². The first-order chi connectivity index (χ1) is 9.50. The van der Waals surface area contributed by atoms with E-state index in [0.29, 0.717) is 12.6 Å². The molecule has 1 aromatic rings. The van der Waals surface area contributed by atoms with Gasteiger partial charge >= 0.3 is 0 Å². The highest BCUT2D eigenvalue weighted by atomic mass is 16.5. The van der Waals surface area contributed by atoms with Crippen LogP contribution in [-0.4, -0.2) is 55.7 Å². The molecule has 2 atom stereocenters. The van der Waals surface area contributed by atoms with Crippen molar-refractivity contribution in [2.75, 3.05) is 34.3 Å². The second-order valence-corrected chi connectivity index (χ2v) is 6.10. The SMILES string of the molecule is COc1cccc(CN(C)C2(CN)CC(C)N(C)C2)c1. The fourth-order valence-electron chi connectivity index (χ4n) is 3.18. The minimum atomic E-state index is 0.0806. The maximum atomic E-state index is 6.11. The van der Waals surface area contributed by atoms with Crippen molar-refractivity contribution in [3.63, 3.8) is 0 Å². The lowest BCUT2D eigenvalue weighted by atomic mass is 9.94. The summed E-state index contributed by atoms with van der Waals surface area (Å²) in [5.74, 6) is 0.912. The normalized spacial score (nSPS) is 27.2. The van der Waals surface area contributed by atoms with Gasteiger partial charge in [0.05, 0.1) is 7.11 Å². The molecule has 4 heteroatoms. The number of hydrogen-bond acceptors (Lipinski definition) is 4. The van der Waals surface area contributed by atoms with Crippen LogP contribution in [0.5, 0.6) is 5.75 Å². The summed E-state index contributed by atoms with van der Waals surface area (Å²) in [7, 11) is 6.07. The zero-order valence-corrected chi connectivity index (χ0v) is 13.1. The van der Waals surface area contributed by atoms with Crippen LogP contribution in [0.25, 0.3) is 0 Å². The second kappa shape index (κ2) is 6.12. The van der Waals surface area contributed by atoms with Crippen molar-refractivity contribution in [2.45, 2.75) is 31.5 Å². The van der Waals surface area contributed by atoms with Gasteiger partial charge in [0, 0.05) is 31.2 Å². The molecule has 2 unspecified atom stereocenters. The quantitative estimate of drug-likeness (QED) is 0.886. The Morgan fingerprint density at radius 1 is 1.50 bits per heavy atom. The number of likely N-dealkylation sites (N-methyl/N-ethyl adjacent to an activating group) is 2. The summed E-state index contributed by atoms with van der Waals surface area (Å²) >= 11 is 0. The van der Waals surface area contributed by atoms with Crippen molar-refractivity contribution in [3.8, 4) is 5.75 Å². The Labute approximate surface area is 122 Å². The number of nitrogens with two attached hydrogens (primary N) is 1. The maximum Gasteiger partial charge on any atom is 0.119 e. The molecule has 20 heavy (non-hydrogen) atoms. The van der Waals surface area contributed by atoms with Gasteiger partial charge in [0.15, 0.2) is 0 Å². The molecule has 1 heterocycles. The Morgan fingerprint density at radius 2 is 2.25 bits per heavy atom. The minimum absolute atomic E-state index is 0.0806. The van der Waals surface area contributed by atoms with Crippen LogP contribution in [0.3, 0.4) is 0 Å². The molecule has 0 radical (unpaired) electrons. The van der Waals surface area contributed by atoms with Crippen molar-refractivity contribution >= 4 is 0 Å². The average Bonchev–Trinajstić information content (AvgIpc) is 2.75. The smallest absolute Gasteiger partial charge is 0.119 e. The Kier molecular flexibility index (Phi) is 4.68. The summed E-state index contributed by atoms with van der Waals surface area (Å²) in [5.41, 5.74) is 7.46. The van der Waals surface area contributed by atoms with Crippen molar-refractivity contribution in [1.82, 2.24) is 9.80 Å². The molecule has 2 N–H and O–H groups in total. The molecule has 0 amide bonds. The van der Waals surface area contributed by atoms with Gasteiger partial charge in [-0.15, -0.1) is 0 Å². The van der Waals surface area contributed by atoms with Gasteiger partial charge in [-0.1, -0.05) is 12.1 Å². The Bertz CT molecular complexity index is 439. The van der Waals surface area contributed by atoms with E-state index in [2.05, 4.69) is 43.0 Å². The van der Waals surface area contributed by atoms with Gasteiger partial charge in [-0.2, -0.15) is 0 Å². The Hall–Kier alpha value is -1.10. The third-order valence-electron chi connectivity index (χ3n) is 4.72. The molecule has 0 aromatic heterocycles. The minimum Gasteiger partial charge on any atom is -0.497 e. The summed E-state index contributed by atoms with van der Waals surface area (Å²) in [5, 5.41) is 0. The highest BCUT2D eigenvalue weighted by Gasteiger charge is 2.42. The summed E-state index contributed by atoms with van der Waals surface area (Å²) in [6.07, 6.45) is 1.13. The van der Waals surface area contributed by atoms with E-state index < -0.39 is 0 Å². The lowest BCUT2D eigenvalue weighted by Crippen LogP contribution is -2.53. The zero-order chi connectivity index (χ0) is 14.8. The fraction of sp³-hybridized carbons (Fsp3) is 0.625. The van der Waals surface area contributed by atoms with Crippen LogP contribution >= 0.6 is 0 Å². The van der Waals surface area contributed by atoms with Gasteiger partial charge in [-0.05, 0) is 45.1 Å². The van der Waals surface area contributed by atoms with Gasteiger partial charge in [-0.25, -0.2) is 0 Å². The summed E-state index contributed by atoms with van der Waals surface area (Å²) in [6, 6.07) is 8.86. The lowest BCUT2D eigenvalue weighted by Gasteiger charge is -2.38. The molecule has 1 aliphatic heterocycles. The Balaban J connectivity index is 2.11. The van der Waals surface area contributed by atoms with E-state index in [4.69, 9.17) is 10.5 Å². The summed E-state index contributed by atoms with van der Waals surface area (Å²) in [4.78, 5) is 4.80. The van der Waals surface area contributed by atoms with Crippen molar-refractivity contribution in [3.05, 3.63) is 29.8 Å². The molecule has 2 rings (SSSR count). The first-order valence-electron chi connectivity index (χ1n) is 7.25. The standard InChI is InChI=1S/C16H27N3O/c1-13-9-16(11-17,12-18(13)2)19(3)10-14-6-5-7-15(8-14)20-4/h5-8,13H,9-12,17H2,1-4H3. The van der Waals surface area contributed by atoms with E-state index in [0.717, 1.165) is 25.3 Å². The largest absolute Gasteiger partial charge is 0.497 e. The maximum absolute atomic E-state index is 6.11. The second-order valence-electron chi connectivity index (χ2n) is 6.10. The molecular formula is C16H27N3O. The fourth-order valence-corrected chi connectivity index (χ4v) is 3.18.